The van der Waals surface area contributed by atoms with Gasteiger partial charge in [-0.3, -0.25) is 4.79 Å². The molecule has 0 aliphatic rings. The predicted octanol–water partition coefficient (Wildman–Crippen LogP) is 4.11. The summed E-state index contributed by atoms with van der Waals surface area (Å²) >= 11 is 0. The Hall–Kier alpha value is -3.35. The number of benzene rings is 2. The lowest BCUT2D eigenvalue weighted by Crippen LogP contribution is -2.36. The molecule has 1 heterocycles. The van der Waals surface area contributed by atoms with E-state index >= 15 is 0 Å². The summed E-state index contributed by atoms with van der Waals surface area (Å²) in [6, 6.07) is 12.9. The third kappa shape index (κ3) is 4.74. The van der Waals surface area contributed by atoms with Crippen LogP contribution in [-0.4, -0.2) is 41.2 Å². The van der Waals surface area contributed by atoms with E-state index in [4.69, 9.17) is 14.0 Å². The molecule has 1 amide bonds. The van der Waals surface area contributed by atoms with Crippen molar-refractivity contribution in [2.45, 2.75) is 33.4 Å². The normalized spacial score (nSPS) is 10.8. The van der Waals surface area contributed by atoms with Crippen LogP contribution >= 0.6 is 0 Å². The van der Waals surface area contributed by atoms with E-state index in [9.17, 15) is 4.79 Å². The first kappa shape index (κ1) is 20.4. The number of hydrogen-bond acceptors (Lipinski definition) is 6. The fraction of sp³-hybridized carbons (Fsp3) is 0.318. The quantitative estimate of drug-likeness (QED) is 0.599. The van der Waals surface area contributed by atoms with Gasteiger partial charge in [0.1, 0.15) is 18.0 Å². The maximum Gasteiger partial charge on any atom is 0.254 e. The van der Waals surface area contributed by atoms with Crippen molar-refractivity contribution in [3.8, 4) is 22.9 Å². The molecule has 0 atom stereocenters. The van der Waals surface area contributed by atoms with Crippen molar-refractivity contribution in [3.63, 3.8) is 0 Å². The monoisotopic (exact) mass is 395 g/mol. The molecule has 0 fully saturated rings. The molecule has 7 heteroatoms. The molecule has 2 aromatic carbocycles. The molecule has 0 bridgehead atoms. The van der Waals surface area contributed by atoms with Gasteiger partial charge in [0, 0.05) is 23.2 Å². The summed E-state index contributed by atoms with van der Waals surface area (Å²) in [6.45, 7) is 6.10. The fourth-order valence-corrected chi connectivity index (χ4v) is 2.87. The van der Waals surface area contributed by atoms with Crippen molar-refractivity contribution in [1.29, 1.82) is 0 Å². The van der Waals surface area contributed by atoms with Crippen LogP contribution in [0.25, 0.3) is 11.4 Å². The van der Waals surface area contributed by atoms with Gasteiger partial charge >= 0.3 is 0 Å². The van der Waals surface area contributed by atoms with Gasteiger partial charge in [0.2, 0.25) is 11.7 Å². The first-order valence-electron chi connectivity index (χ1n) is 9.35. The van der Waals surface area contributed by atoms with Crippen LogP contribution in [0, 0.1) is 6.92 Å². The predicted molar refractivity (Wildman–Crippen MR) is 109 cm³/mol. The van der Waals surface area contributed by atoms with Crippen molar-refractivity contribution in [2.75, 3.05) is 14.2 Å². The summed E-state index contributed by atoms with van der Waals surface area (Å²) in [5.74, 6) is 1.80. The van der Waals surface area contributed by atoms with Gasteiger partial charge in [-0.1, -0.05) is 35.0 Å². The van der Waals surface area contributed by atoms with Crippen molar-refractivity contribution in [3.05, 3.63) is 59.5 Å². The Balaban J connectivity index is 1.84. The van der Waals surface area contributed by atoms with Gasteiger partial charge in [0.15, 0.2) is 0 Å². The molecule has 29 heavy (non-hydrogen) atoms. The van der Waals surface area contributed by atoms with Crippen LogP contribution in [0.3, 0.4) is 0 Å². The molecule has 0 unspecified atom stereocenters. The van der Waals surface area contributed by atoms with Crippen molar-refractivity contribution in [2.24, 2.45) is 0 Å². The summed E-state index contributed by atoms with van der Waals surface area (Å²) in [4.78, 5) is 19.3. The Kier molecular flexibility index (Phi) is 6.16. The van der Waals surface area contributed by atoms with E-state index in [2.05, 4.69) is 10.1 Å². The smallest absolute Gasteiger partial charge is 0.254 e. The number of hydrogen-bond donors (Lipinski definition) is 0. The molecule has 1 aromatic heterocycles. The average Bonchev–Trinajstić information content (AvgIpc) is 3.20. The van der Waals surface area contributed by atoms with Gasteiger partial charge in [-0.25, -0.2) is 0 Å². The molecule has 0 aliphatic heterocycles. The molecule has 3 rings (SSSR count). The Morgan fingerprint density at radius 1 is 1.07 bits per heavy atom. The van der Waals surface area contributed by atoms with Gasteiger partial charge < -0.3 is 18.9 Å². The Bertz CT molecular complexity index is 958. The largest absolute Gasteiger partial charge is 0.497 e. The summed E-state index contributed by atoms with van der Waals surface area (Å²) in [6.07, 6.45) is 0. The maximum absolute atomic E-state index is 13.2. The van der Waals surface area contributed by atoms with E-state index in [1.165, 1.54) is 0 Å². The number of carbonyl (C=O) groups is 1. The number of aryl methyl sites for hydroxylation is 1. The highest BCUT2D eigenvalue weighted by Crippen LogP contribution is 2.25. The van der Waals surface area contributed by atoms with Crippen molar-refractivity contribution >= 4 is 5.91 Å². The molecule has 3 aromatic rings. The second kappa shape index (κ2) is 8.77. The van der Waals surface area contributed by atoms with E-state index < -0.39 is 0 Å². The highest BCUT2D eigenvalue weighted by Gasteiger charge is 2.23. The highest BCUT2D eigenvalue weighted by molar-refractivity contribution is 5.95. The first-order valence-corrected chi connectivity index (χ1v) is 9.35. The second-order valence-corrected chi connectivity index (χ2v) is 7.01. The zero-order valence-electron chi connectivity index (χ0n) is 17.3. The number of rotatable bonds is 7. The Labute approximate surface area is 170 Å². The SMILES string of the molecule is COc1cc(OC)cc(C(=O)N(Cc2nc(-c3ccc(C)cc3)no2)C(C)C)c1. The summed E-state index contributed by atoms with van der Waals surface area (Å²) in [7, 11) is 3.10. The standard InChI is InChI=1S/C22H25N3O4/c1-14(2)25(22(26)17-10-18(27-4)12-19(11-17)28-5)13-20-23-21(24-29-20)16-8-6-15(3)7-9-16/h6-12,14H,13H2,1-5H3. The molecule has 0 spiro atoms. The third-order valence-electron chi connectivity index (χ3n) is 4.57. The molecule has 0 saturated heterocycles. The van der Waals surface area contributed by atoms with Crippen LogP contribution in [-0.2, 0) is 6.54 Å². The Morgan fingerprint density at radius 2 is 1.69 bits per heavy atom. The van der Waals surface area contributed by atoms with Crippen LogP contribution in [0.15, 0.2) is 47.0 Å². The maximum atomic E-state index is 13.2. The van der Waals surface area contributed by atoms with E-state index in [0.29, 0.717) is 28.8 Å². The van der Waals surface area contributed by atoms with Crippen molar-refractivity contribution in [1.82, 2.24) is 15.0 Å². The molecular formula is C22H25N3O4. The summed E-state index contributed by atoms with van der Waals surface area (Å²) < 4.78 is 16.0. The second-order valence-electron chi connectivity index (χ2n) is 7.01. The zero-order valence-corrected chi connectivity index (χ0v) is 17.3. The minimum Gasteiger partial charge on any atom is -0.497 e. The van der Waals surface area contributed by atoms with Gasteiger partial charge in [-0.05, 0) is 32.9 Å². The van der Waals surface area contributed by atoms with E-state index in [1.54, 1.807) is 37.3 Å². The Morgan fingerprint density at radius 3 is 2.24 bits per heavy atom. The van der Waals surface area contributed by atoms with Gasteiger partial charge in [0.05, 0.1) is 14.2 Å². The van der Waals surface area contributed by atoms with Gasteiger partial charge in [-0.2, -0.15) is 4.98 Å². The van der Waals surface area contributed by atoms with Crippen LogP contribution in [0.5, 0.6) is 11.5 Å². The minimum absolute atomic E-state index is 0.0746. The number of nitrogens with zero attached hydrogens (tertiary/aromatic N) is 3. The van der Waals surface area contributed by atoms with Crippen LogP contribution < -0.4 is 9.47 Å². The van der Waals surface area contributed by atoms with Gasteiger partial charge in [0.25, 0.3) is 5.91 Å². The van der Waals surface area contributed by atoms with Crippen LogP contribution in [0.2, 0.25) is 0 Å². The molecule has 0 saturated carbocycles. The molecule has 0 aliphatic carbocycles. The number of carbonyl (C=O) groups excluding carboxylic acids is 1. The summed E-state index contributed by atoms with van der Waals surface area (Å²) in [5.41, 5.74) is 2.49. The van der Waals surface area contributed by atoms with Crippen LogP contribution in [0.1, 0.15) is 35.7 Å². The zero-order chi connectivity index (χ0) is 21.0. The molecule has 152 valence electrons. The topological polar surface area (TPSA) is 77.7 Å². The lowest BCUT2D eigenvalue weighted by Gasteiger charge is -2.25. The molecule has 7 nitrogen and oxygen atoms in total. The number of amides is 1. The van der Waals surface area contributed by atoms with E-state index in [-0.39, 0.29) is 18.5 Å². The number of aromatic nitrogens is 2. The molecular weight excluding hydrogens is 370 g/mol. The first-order chi connectivity index (χ1) is 13.9. The van der Waals surface area contributed by atoms with Crippen LogP contribution in [0.4, 0.5) is 0 Å². The third-order valence-corrected chi connectivity index (χ3v) is 4.57. The lowest BCUT2D eigenvalue weighted by atomic mass is 10.1. The number of methoxy groups -OCH3 is 2. The molecule has 0 radical (unpaired) electrons. The number of ether oxygens (including phenoxy) is 2. The molecule has 0 N–H and O–H groups in total. The van der Waals surface area contributed by atoms with Crippen molar-refractivity contribution < 1.29 is 18.8 Å². The van der Waals surface area contributed by atoms with E-state index in [1.807, 2.05) is 45.0 Å². The van der Waals surface area contributed by atoms with Gasteiger partial charge in [-0.15, -0.1) is 0 Å². The van der Waals surface area contributed by atoms with E-state index in [0.717, 1.165) is 11.1 Å². The highest BCUT2D eigenvalue weighted by atomic mass is 16.5. The fourth-order valence-electron chi connectivity index (χ4n) is 2.87. The summed E-state index contributed by atoms with van der Waals surface area (Å²) in [5, 5.41) is 4.05. The lowest BCUT2D eigenvalue weighted by molar-refractivity contribution is 0.0666. The minimum atomic E-state index is -0.174. The average molecular weight is 395 g/mol.